The van der Waals surface area contributed by atoms with E-state index >= 15 is 0 Å². The van der Waals surface area contributed by atoms with Crippen LogP contribution >= 0.6 is 25.3 Å². The molecule has 3 aliphatic heterocycles. The Labute approximate surface area is 636 Å². The molecule has 20 N–H and O–H groups in total. The summed E-state index contributed by atoms with van der Waals surface area (Å²) in [7, 11) is 0. The van der Waals surface area contributed by atoms with Gasteiger partial charge in [-0.3, -0.25) is 72.5 Å². The summed E-state index contributed by atoms with van der Waals surface area (Å²) in [6, 6.07) is -1.71. The number of rotatable bonds is 42. The van der Waals surface area contributed by atoms with Crippen LogP contribution in [-0.2, 0) is 84.8 Å². The van der Waals surface area contributed by atoms with Crippen LogP contribution in [0.4, 0.5) is 0 Å². The van der Waals surface area contributed by atoms with Crippen LogP contribution in [0.15, 0.2) is 60.7 Å². The number of benzene rings is 2. The van der Waals surface area contributed by atoms with Crippen molar-refractivity contribution in [3.63, 3.8) is 0 Å². The van der Waals surface area contributed by atoms with Gasteiger partial charge in [-0.15, -0.1) is 0 Å². The van der Waals surface area contributed by atoms with Crippen molar-refractivity contribution in [2.75, 3.05) is 50.8 Å². The highest BCUT2D eigenvalue weighted by Gasteiger charge is 2.47. The maximum absolute atomic E-state index is 14.9. The average molecular weight is 1550 g/mol. The van der Waals surface area contributed by atoms with Gasteiger partial charge in [0.25, 0.3) is 0 Å². The van der Waals surface area contributed by atoms with Crippen LogP contribution in [0, 0.1) is 17.2 Å². The number of hydrogen-bond acceptors (Lipinski definition) is 21. The fourth-order valence-corrected chi connectivity index (χ4v) is 13.3. The minimum absolute atomic E-state index is 0.0148. The summed E-state index contributed by atoms with van der Waals surface area (Å²) < 4.78 is 0. The summed E-state index contributed by atoms with van der Waals surface area (Å²) in [5, 5.41) is 75.7. The van der Waals surface area contributed by atoms with Gasteiger partial charge in [-0.05, 0) is 81.3 Å². The first-order chi connectivity index (χ1) is 51.3. The molecule has 108 heavy (non-hydrogen) atoms. The topological polar surface area (TPSA) is 555 Å². The summed E-state index contributed by atoms with van der Waals surface area (Å²) >= 11 is 8.57. The Kier molecular flexibility index (Phi) is 36.2. The summed E-state index contributed by atoms with van der Waals surface area (Å²) in [5.41, 5.74) is 11.9. The van der Waals surface area contributed by atoms with Crippen molar-refractivity contribution in [3.8, 4) is 0 Å². The maximum Gasteiger partial charge on any atom is 0.326 e. The van der Waals surface area contributed by atoms with Crippen LogP contribution in [-0.4, -0.2) is 265 Å². The Morgan fingerprint density at radius 1 is 0.519 bits per heavy atom. The highest BCUT2D eigenvalue weighted by molar-refractivity contribution is 7.80. The second-order valence-electron chi connectivity index (χ2n) is 27.1. The molecule has 13 amide bonds. The summed E-state index contributed by atoms with van der Waals surface area (Å²) in [6.45, 7) is 6.87. The molecule has 2 aromatic rings. The molecule has 36 nitrogen and oxygen atoms in total. The van der Waals surface area contributed by atoms with Crippen molar-refractivity contribution < 1.29 is 92.3 Å². The number of carboxylic acid groups (broad SMARTS) is 2. The van der Waals surface area contributed by atoms with E-state index in [1.165, 1.54) is 21.6 Å². The van der Waals surface area contributed by atoms with E-state index in [-0.39, 0.29) is 88.6 Å². The number of amides is 13. The average Bonchev–Trinajstić information content (AvgIpc) is 1.63. The monoisotopic (exact) mass is 1550 g/mol. The molecule has 0 aromatic heterocycles. The quantitative estimate of drug-likeness (QED) is 0.0129. The minimum atomic E-state index is -1.79. The number of aliphatic hydroxyl groups excluding tert-OH is 2. The molecule has 16 atom stereocenters. The zero-order chi connectivity index (χ0) is 80.1. The third-order valence-corrected chi connectivity index (χ3v) is 19.9. The van der Waals surface area contributed by atoms with Crippen molar-refractivity contribution >= 4 is 120 Å². The number of hydrogen-bond donors (Lipinski definition) is 20. The van der Waals surface area contributed by atoms with E-state index in [0.717, 1.165) is 0 Å². The highest BCUT2D eigenvalue weighted by Crippen LogP contribution is 2.28. The zero-order valence-electron chi connectivity index (χ0n) is 61.2. The normalized spacial score (nSPS) is 19.0. The summed E-state index contributed by atoms with van der Waals surface area (Å²) in [5.74, 6) is -16.2. The molecule has 0 bridgehead atoms. The minimum Gasteiger partial charge on any atom is -0.481 e. The first kappa shape index (κ1) is 89.0. The Bertz CT molecular complexity index is 3500. The lowest BCUT2D eigenvalue weighted by Crippen LogP contribution is -2.63. The fraction of sp³-hybridized carbons (Fsp3) is 0.600. The standard InChI is InChI=1S/C70H105N17O19S2/c1-6-37(3)54(64(100)81-47(35-107)60(96)77-44(31-41-20-12-9-13-21-41)66(102)85-27-15-23-49(85)62(98)78-45(69(105)106)32-53(91)92)82-63(99)50-24-16-28-86(50)67(103)51-25-17-29-87(51)68(104)55(38(4)7-2)83-59(95)46(34-88)79-58(94)43(30-40-18-10-8-11-19-40)76-65(101)56(39(5)89)84-61(97)48(36-108)80-57(93)42(75-52(90)33-71)22-14-26-74-70(72)73/h8-13,18-21,37-39,42-51,54-56,88-89,107-108H,6-7,14-17,22-36,71H2,1-5H3,(H,75,90)(H,76,101)(H,77,96)(H,78,98)(H,79,94)(H,80,93)(H,81,100)(H,82,99)(H,83,95)(H,84,97)(H,91,92)(H,105,106)(H4,72,73,74)/t37-,38-,39+,42-,43-,44-,45-,46-,47-,48-,49-,50-,51-,54-,55-,56-/m0/s1. The zero-order valence-corrected chi connectivity index (χ0v) is 63.0. The van der Waals surface area contributed by atoms with E-state index in [9.17, 15) is 92.3 Å². The molecule has 5 rings (SSSR count). The van der Waals surface area contributed by atoms with Gasteiger partial charge in [-0.1, -0.05) is 101 Å². The van der Waals surface area contributed by atoms with Gasteiger partial charge in [-0.2, -0.15) is 25.3 Å². The molecule has 0 aliphatic carbocycles. The summed E-state index contributed by atoms with van der Waals surface area (Å²) in [4.78, 5) is 210. The number of likely N-dealkylation sites (tertiary alicyclic amines) is 3. The van der Waals surface area contributed by atoms with E-state index < -0.39 is 205 Å². The van der Waals surface area contributed by atoms with E-state index in [2.05, 4.69) is 83.7 Å². The highest BCUT2D eigenvalue weighted by atomic mass is 32.1. The molecule has 3 saturated heterocycles. The molecule has 3 aliphatic rings. The lowest BCUT2D eigenvalue weighted by atomic mass is 9.96. The molecule has 3 fully saturated rings. The molecule has 596 valence electrons. The van der Waals surface area contributed by atoms with Crippen molar-refractivity contribution in [1.29, 1.82) is 5.41 Å². The third kappa shape index (κ3) is 26.1. The smallest absolute Gasteiger partial charge is 0.326 e. The van der Waals surface area contributed by atoms with Crippen LogP contribution in [0.3, 0.4) is 0 Å². The van der Waals surface area contributed by atoms with E-state index in [0.29, 0.717) is 43.2 Å². The van der Waals surface area contributed by atoms with Gasteiger partial charge in [0.15, 0.2) is 5.96 Å². The van der Waals surface area contributed by atoms with Crippen molar-refractivity contribution in [2.45, 2.75) is 203 Å². The van der Waals surface area contributed by atoms with Crippen LogP contribution in [0.2, 0.25) is 0 Å². The largest absolute Gasteiger partial charge is 0.481 e. The van der Waals surface area contributed by atoms with Gasteiger partial charge < -0.3 is 105 Å². The van der Waals surface area contributed by atoms with Crippen LogP contribution in [0.1, 0.15) is 116 Å². The van der Waals surface area contributed by atoms with E-state index in [1.54, 1.807) is 88.4 Å². The van der Waals surface area contributed by atoms with Gasteiger partial charge in [0.1, 0.15) is 78.5 Å². The van der Waals surface area contributed by atoms with E-state index in [1.807, 2.05) is 0 Å². The molecule has 3 heterocycles. The number of guanidine groups is 1. The van der Waals surface area contributed by atoms with Crippen LogP contribution in [0.5, 0.6) is 0 Å². The molecule has 0 saturated carbocycles. The first-order valence-corrected chi connectivity index (χ1v) is 37.3. The molecule has 0 spiro atoms. The van der Waals surface area contributed by atoms with Gasteiger partial charge in [0.05, 0.1) is 25.7 Å². The SMILES string of the molecule is CC[C@H](C)[C@H](NC(=O)[C@@H]1CCCN1C(=O)[C@@H]1CCCN1C(=O)[C@@H](NC(=O)[C@H](CO)NC(=O)[C@H](Cc1ccccc1)NC(=O)[C@@H](NC(=O)[C@H](CS)NC(=O)[C@H](CCCNC(=N)N)NC(=O)CN)[C@@H](C)O)[C@@H](C)CC)C(=O)N[C@@H](CS)C(=O)N[C@@H](Cc1ccccc1)C(=O)N1CCC[C@H]1C(=O)N[C@@H](CC(=O)O)C(=O)O. The Morgan fingerprint density at radius 3 is 1.47 bits per heavy atom. The van der Waals surface area contributed by atoms with Crippen molar-refractivity contribution in [1.82, 2.24) is 73.2 Å². The Morgan fingerprint density at radius 2 is 0.954 bits per heavy atom. The maximum atomic E-state index is 14.9. The second kappa shape index (κ2) is 44.0. The number of thiol groups is 2. The van der Waals surface area contributed by atoms with Gasteiger partial charge >= 0.3 is 11.9 Å². The number of aliphatic hydroxyl groups is 2. The number of carbonyl (C=O) groups is 15. The van der Waals surface area contributed by atoms with E-state index in [4.69, 9.17) is 16.9 Å². The van der Waals surface area contributed by atoms with Gasteiger partial charge in [-0.25, -0.2) is 4.79 Å². The molecular formula is C70H105N17O19S2. The van der Waals surface area contributed by atoms with Gasteiger partial charge in [0.2, 0.25) is 76.8 Å². The number of nitrogens with one attached hydrogen (secondary N) is 12. The van der Waals surface area contributed by atoms with Crippen LogP contribution < -0.4 is 70.0 Å². The number of aliphatic carboxylic acids is 2. The number of nitrogens with two attached hydrogens (primary N) is 2. The molecule has 2 aromatic carbocycles. The fourth-order valence-electron chi connectivity index (χ4n) is 12.7. The number of carbonyl (C=O) groups excluding carboxylic acids is 13. The Balaban J connectivity index is 1.28. The molecule has 0 radical (unpaired) electrons. The number of nitrogens with zero attached hydrogens (tertiary/aromatic N) is 3. The lowest BCUT2D eigenvalue weighted by Gasteiger charge is -2.35. The van der Waals surface area contributed by atoms with Crippen LogP contribution in [0.25, 0.3) is 0 Å². The van der Waals surface area contributed by atoms with Gasteiger partial charge in [0, 0.05) is 50.5 Å². The lowest BCUT2D eigenvalue weighted by molar-refractivity contribution is -0.149. The molecule has 38 heteroatoms. The van der Waals surface area contributed by atoms with Crippen molar-refractivity contribution in [2.24, 2.45) is 23.3 Å². The third-order valence-electron chi connectivity index (χ3n) is 19.2. The molecular weight excluding hydrogens is 1450 g/mol. The second-order valence-corrected chi connectivity index (χ2v) is 27.8. The predicted octanol–water partition coefficient (Wildman–Crippen LogP) is -4.60. The number of carboxylic acids is 2. The Hall–Kier alpha value is -9.66. The summed E-state index contributed by atoms with van der Waals surface area (Å²) in [6.07, 6.45) is -0.599. The first-order valence-electron chi connectivity index (χ1n) is 36.1. The van der Waals surface area contributed by atoms with Crippen molar-refractivity contribution in [3.05, 3.63) is 71.8 Å². The molecule has 0 unspecified atom stereocenters. The predicted molar refractivity (Wildman–Crippen MR) is 397 cm³/mol.